The molecule has 3 aromatic rings. The normalized spacial score (nSPS) is 10.4. The molecule has 0 aliphatic rings. The molecule has 0 unspecified atom stereocenters. The van der Waals surface area contributed by atoms with Gasteiger partial charge < -0.3 is 10.5 Å². The van der Waals surface area contributed by atoms with Crippen molar-refractivity contribution < 1.29 is 9.13 Å². The third kappa shape index (κ3) is 3.22. The molecule has 0 spiro atoms. The molecular weight excluding hydrogens is 329 g/mol. The number of hydrogen-bond donors (Lipinski definition) is 1. The number of anilines is 1. The van der Waals surface area contributed by atoms with E-state index in [-0.39, 0.29) is 11.6 Å². The smallest absolute Gasteiger partial charge is 0.142 e. The Bertz CT molecular complexity index is 974. The van der Waals surface area contributed by atoms with E-state index in [4.69, 9.17) is 10.5 Å². The van der Waals surface area contributed by atoms with Crippen LogP contribution in [0.4, 0.5) is 10.2 Å². The van der Waals surface area contributed by atoms with Crippen molar-refractivity contribution in [2.45, 2.75) is 13.8 Å². The number of hydrogen-bond acceptors (Lipinski definition) is 4. The van der Waals surface area contributed by atoms with Gasteiger partial charge in [0.15, 0.2) is 0 Å². The van der Waals surface area contributed by atoms with Gasteiger partial charge in [0.2, 0.25) is 0 Å². The molecule has 5 heteroatoms. The Hall–Kier alpha value is -3.39. The second-order valence-electron chi connectivity index (χ2n) is 5.80. The molecule has 2 N–H and O–H groups in total. The second kappa shape index (κ2) is 7.24. The predicted molar refractivity (Wildman–Crippen MR) is 100 cm³/mol. The van der Waals surface area contributed by atoms with Gasteiger partial charge in [-0.2, -0.15) is 5.26 Å². The largest absolute Gasteiger partial charge is 0.494 e. The van der Waals surface area contributed by atoms with E-state index in [9.17, 15) is 9.65 Å². The molecule has 0 radical (unpaired) electrons. The van der Waals surface area contributed by atoms with Gasteiger partial charge in [-0.3, -0.25) is 0 Å². The molecule has 2 aromatic carbocycles. The molecule has 3 rings (SSSR count). The van der Waals surface area contributed by atoms with E-state index in [1.807, 2.05) is 38.1 Å². The maximum Gasteiger partial charge on any atom is 0.142 e. The van der Waals surface area contributed by atoms with E-state index >= 15 is 0 Å². The van der Waals surface area contributed by atoms with Crippen LogP contribution in [0.2, 0.25) is 0 Å². The first kappa shape index (κ1) is 17.4. The summed E-state index contributed by atoms with van der Waals surface area (Å²) in [6, 6.07) is 15.7. The van der Waals surface area contributed by atoms with Crippen molar-refractivity contribution in [1.29, 1.82) is 5.26 Å². The van der Waals surface area contributed by atoms with Gasteiger partial charge >= 0.3 is 0 Å². The maximum atomic E-state index is 13.2. The SMILES string of the molecule is CCOc1ccc(-c2c(C)c(-c3ccc(F)cc3)nc(N)c2C#N)cc1. The van der Waals surface area contributed by atoms with Gasteiger partial charge in [-0.25, -0.2) is 9.37 Å². The second-order valence-corrected chi connectivity index (χ2v) is 5.80. The topological polar surface area (TPSA) is 71.9 Å². The Morgan fingerprint density at radius 3 is 2.27 bits per heavy atom. The molecular formula is C21H18FN3O. The molecule has 0 saturated heterocycles. The molecule has 0 aliphatic carbocycles. The van der Waals surface area contributed by atoms with Crippen LogP contribution in [0.15, 0.2) is 48.5 Å². The predicted octanol–water partition coefficient (Wildman–Crippen LogP) is 4.72. The molecule has 0 saturated carbocycles. The fourth-order valence-electron chi connectivity index (χ4n) is 2.94. The zero-order valence-electron chi connectivity index (χ0n) is 14.6. The summed E-state index contributed by atoms with van der Waals surface area (Å²) in [5.74, 6) is 0.592. The summed E-state index contributed by atoms with van der Waals surface area (Å²) in [4.78, 5) is 4.38. The molecule has 0 fully saturated rings. The number of halogens is 1. The Kier molecular flexibility index (Phi) is 4.85. The highest BCUT2D eigenvalue weighted by atomic mass is 19.1. The monoisotopic (exact) mass is 347 g/mol. The lowest BCUT2D eigenvalue weighted by molar-refractivity contribution is 0.340. The van der Waals surface area contributed by atoms with E-state index in [1.165, 1.54) is 12.1 Å². The molecule has 0 bridgehead atoms. The minimum absolute atomic E-state index is 0.154. The van der Waals surface area contributed by atoms with Crippen LogP contribution in [0.1, 0.15) is 18.1 Å². The number of nitrogen functional groups attached to an aromatic ring is 1. The van der Waals surface area contributed by atoms with Crippen molar-refractivity contribution in [3.8, 4) is 34.2 Å². The fraction of sp³-hybridized carbons (Fsp3) is 0.143. The maximum absolute atomic E-state index is 13.2. The van der Waals surface area contributed by atoms with Crippen molar-refractivity contribution in [1.82, 2.24) is 4.98 Å². The molecule has 0 atom stereocenters. The molecule has 130 valence electrons. The van der Waals surface area contributed by atoms with Crippen LogP contribution >= 0.6 is 0 Å². The van der Waals surface area contributed by atoms with Crippen LogP contribution in [0, 0.1) is 24.1 Å². The summed E-state index contributed by atoms with van der Waals surface area (Å²) in [5, 5.41) is 9.58. The summed E-state index contributed by atoms with van der Waals surface area (Å²) < 4.78 is 18.7. The number of nitrogens with zero attached hydrogens (tertiary/aromatic N) is 2. The number of nitrogens with two attached hydrogens (primary N) is 1. The molecule has 0 aliphatic heterocycles. The van der Waals surface area contributed by atoms with Crippen LogP contribution in [-0.2, 0) is 0 Å². The highest BCUT2D eigenvalue weighted by Crippen LogP contribution is 2.36. The van der Waals surface area contributed by atoms with E-state index in [0.717, 1.165) is 28.0 Å². The van der Waals surface area contributed by atoms with Gasteiger partial charge in [-0.05, 0) is 61.4 Å². The number of ether oxygens (including phenoxy) is 1. The molecule has 4 nitrogen and oxygen atoms in total. The van der Waals surface area contributed by atoms with Crippen LogP contribution < -0.4 is 10.5 Å². The Morgan fingerprint density at radius 2 is 1.69 bits per heavy atom. The van der Waals surface area contributed by atoms with Crippen LogP contribution in [0.5, 0.6) is 5.75 Å². The third-order valence-electron chi connectivity index (χ3n) is 4.15. The number of benzene rings is 2. The van der Waals surface area contributed by atoms with Gasteiger partial charge in [0.25, 0.3) is 0 Å². The van der Waals surface area contributed by atoms with Gasteiger partial charge in [0.1, 0.15) is 29.0 Å². The lowest BCUT2D eigenvalue weighted by Gasteiger charge is -2.15. The summed E-state index contributed by atoms with van der Waals surface area (Å²) >= 11 is 0. The minimum Gasteiger partial charge on any atom is -0.494 e. The quantitative estimate of drug-likeness (QED) is 0.741. The first-order valence-electron chi connectivity index (χ1n) is 8.24. The van der Waals surface area contributed by atoms with Crippen molar-refractivity contribution in [3.63, 3.8) is 0 Å². The van der Waals surface area contributed by atoms with Crippen molar-refractivity contribution >= 4 is 5.82 Å². The highest BCUT2D eigenvalue weighted by Gasteiger charge is 2.18. The highest BCUT2D eigenvalue weighted by molar-refractivity contribution is 5.84. The number of aromatic nitrogens is 1. The zero-order valence-corrected chi connectivity index (χ0v) is 14.6. The fourth-order valence-corrected chi connectivity index (χ4v) is 2.94. The average Bonchev–Trinajstić information content (AvgIpc) is 2.65. The summed E-state index contributed by atoms with van der Waals surface area (Å²) in [6.45, 7) is 4.39. The lowest BCUT2D eigenvalue weighted by Crippen LogP contribution is -2.03. The van der Waals surface area contributed by atoms with E-state index < -0.39 is 0 Å². The van der Waals surface area contributed by atoms with Crippen LogP contribution in [0.25, 0.3) is 22.4 Å². The zero-order chi connectivity index (χ0) is 18.7. The first-order chi connectivity index (χ1) is 12.5. The van der Waals surface area contributed by atoms with Crippen molar-refractivity contribution in [3.05, 3.63) is 65.5 Å². The Balaban J connectivity index is 2.20. The summed E-state index contributed by atoms with van der Waals surface area (Å²) in [5.41, 5.74) is 10.1. The minimum atomic E-state index is -0.320. The van der Waals surface area contributed by atoms with Gasteiger partial charge in [0, 0.05) is 11.1 Å². The summed E-state index contributed by atoms with van der Waals surface area (Å²) in [7, 11) is 0. The average molecular weight is 347 g/mol. The Morgan fingerprint density at radius 1 is 1.08 bits per heavy atom. The van der Waals surface area contributed by atoms with Gasteiger partial charge in [0.05, 0.1) is 12.3 Å². The van der Waals surface area contributed by atoms with E-state index in [0.29, 0.717) is 17.9 Å². The standard InChI is InChI=1S/C21H18FN3O/c1-3-26-17-10-6-14(7-11-17)19-13(2)20(25-21(24)18(19)12-23)15-4-8-16(22)9-5-15/h4-11H,3H2,1-2H3,(H2,24,25). The Labute approximate surface area is 151 Å². The van der Waals surface area contributed by atoms with Gasteiger partial charge in [-0.1, -0.05) is 12.1 Å². The summed E-state index contributed by atoms with van der Waals surface area (Å²) in [6.07, 6.45) is 0. The number of nitriles is 1. The van der Waals surface area contributed by atoms with Crippen molar-refractivity contribution in [2.24, 2.45) is 0 Å². The molecule has 26 heavy (non-hydrogen) atoms. The van der Waals surface area contributed by atoms with E-state index in [1.54, 1.807) is 12.1 Å². The van der Waals surface area contributed by atoms with E-state index in [2.05, 4.69) is 11.1 Å². The molecule has 0 amide bonds. The number of pyridine rings is 1. The van der Waals surface area contributed by atoms with Crippen LogP contribution in [-0.4, -0.2) is 11.6 Å². The first-order valence-corrected chi connectivity index (χ1v) is 8.24. The van der Waals surface area contributed by atoms with Crippen molar-refractivity contribution in [2.75, 3.05) is 12.3 Å². The van der Waals surface area contributed by atoms with Gasteiger partial charge in [-0.15, -0.1) is 0 Å². The van der Waals surface area contributed by atoms with Crippen LogP contribution in [0.3, 0.4) is 0 Å². The molecule has 1 heterocycles. The number of rotatable bonds is 4. The molecule has 1 aromatic heterocycles. The lowest BCUT2D eigenvalue weighted by atomic mass is 9.93. The third-order valence-corrected chi connectivity index (χ3v) is 4.15.